The van der Waals surface area contributed by atoms with E-state index >= 15 is 0 Å². The van der Waals surface area contributed by atoms with Crippen molar-refractivity contribution in [1.82, 2.24) is 0 Å². The van der Waals surface area contributed by atoms with Gasteiger partial charge in [-0.15, -0.1) is 0 Å². The molecule has 0 unspecified atom stereocenters. The van der Waals surface area contributed by atoms with Crippen molar-refractivity contribution < 1.29 is 24.9 Å². The average Bonchev–Trinajstić information content (AvgIpc) is 2.42. The van der Waals surface area contributed by atoms with Crippen LogP contribution in [0.15, 0.2) is 0 Å². The van der Waals surface area contributed by atoms with Crippen LogP contribution in [0.1, 0.15) is 84.0 Å². The van der Waals surface area contributed by atoms with E-state index in [9.17, 15) is 9.59 Å². The van der Waals surface area contributed by atoms with Crippen molar-refractivity contribution >= 4 is 11.9 Å². The molecule has 0 aliphatic heterocycles. The van der Waals surface area contributed by atoms with Crippen molar-refractivity contribution in [2.24, 2.45) is 0 Å². The summed E-state index contributed by atoms with van der Waals surface area (Å²) in [5.41, 5.74) is 0. The van der Waals surface area contributed by atoms with Gasteiger partial charge in [0.05, 0.1) is 0 Å². The quantitative estimate of drug-likeness (QED) is 0.449. The first-order valence-corrected chi connectivity index (χ1v) is 8.09. The minimum atomic E-state index is -0.732. The molecule has 3 N–H and O–H groups in total. The van der Waals surface area contributed by atoms with Crippen molar-refractivity contribution in [2.75, 3.05) is 6.61 Å². The molecular weight excluding hydrogens is 272 g/mol. The predicted octanol–water partition coefficient (Wildman–Crippen LogP) is 3.84. The second-order valence-electron chi connectivity index (χ2n) is 5.19. The van der Waals surface area contributed by atoms with Crippen molar-refractivity contribution in [2.45, 2.75) is 84.0 Å². The number of aliphatic carboxylic acids is 2. The topological polar surface area (TPSA) is 94.8 Å². The van der Waals surface area contributed by atoms with Crippen LogP contribution in [0, 0.1) is 0 Å². The molecule has 0 spiro atoms. The summed E-state index contributed by atoms with van der Waals surface area (Å²) in [6.45, 7) is 2.39. The SMILES string of the molecule is CCCCCCCCC(=O)O.O=C(O)CCCCCCO. The molecule has 21 heavy (non-hydrogen) atoms. The number of hydrogen-bond donors (Lipinski definition) is 3. The van der Waals surface area contributed by atoms with Crippen LogP contribution >= 0.6 is 0 Å². The monoisotopic (exact) mass is 304 g/mol. The normalized spacial score (nSPS) is 9.81. The molecule has 0 aliphatic carbocycles. The Balaban J connectivity index is 0. The van der Waals surface area contributed by atoms with Crippen molar-refractivity contribution in [3.63, 3.8) is 0 Å². The van der Waals surface area contributed by atoms with Gasteiger partial charge in [0, 0.05) is 19.4 Å². The van der Waals surface area contributed by atoms with E-state index in [0.717, 1.165) is 38.5 Å². The van der Waals surface area contributed by atoms with Gasteiger partial charge in [-0.05, 0) is 19.3 Å². The van der Waals surface area contributed by atoms with E-state index in [-0.39, 0.29) is 13.0 Å². The smallest absolute Gasteiger partial charge is 0.303 e. The number of carbonyl (C=O) groups is 2. The second-order valence-corrected chi connectivity index (χ2v) is 5.19. The molecule has 0 atom stereocenters. The third-order valence-electron chi connectivity index (χ3n) is 3.04. The first-order chi connectivity index (χ1) is 10.0. The fourth-order valence-corrected chi connectivity index (χ4v) is 1.80. The van der Waals surface area contributed by atoms with Gasteiger partial charge in [0.2, 0.25) is 0 Å². The first-order valence-electron chi connectivity index (χ1n) is 8.09. The summed E-state index contributed by atoms with van der Waals surface area (Å²) in [4.78, 5) is 20.1. The molecule has 126 valence electrons. The summed E-state index contributed by atoms with van der Waals surface area (Å²) in [6, 6.07) is 0. The summed E-state index contributed by atoms with van der Waals surface area (Å²) < 4.78 is 0. The Kier molecular flexibility index (Phi) is 20.0. The summed E-state index contributed by atoms with van der Waals surface area (Å²) in [6.07, 6.45) is 10.9. The first kappa shape index (κ1) is 22.2. The average molecular weight is 304 g/mol. The van der Waals surface area contributed by atoms with Crippen LogP contribution in [-0.4, -0.2) is 33.9 Å². The fourth-order valence-electron chi connectivity index (χ4n) is 1.80. The number of carboxylic acid groups (broad SMARTS) is 2. The lowest BCUT2D eigenvalue weighted by atomic mass is 10.1. The van der Waals surface area contributed by atoms with Crippen molar-refractivity contribution in [3.05, 3.63) is 0 Å². The molecule has 0 saturated heterocycles. The highest BCUT2D eigenvalue weighted by molar-refractivity contribution is 5.66. The van der Waals surface area contributed by atoms with Crippen LogP contribution in [0.25, 0.3) is 0 Å². The largest absolute Gasteiger partial charge is 0.481 e. The molecule has 0 aromatic rings. The molecule has 5 heteroatoms. The molecule has 0 radical (unpaired) electrons. The highest BCUT2D eigenvalue weighted by Crippen LogP contribution is 2.06. The molecule has 0 aromatic heterocycles. The lowest BCUT2D eigenvalue weighted by Gasteiger charge is -1.97. The summed E-state index contributed by atoms with van der Waals surface area (Å²) in [5.74, 6) is -1.40. The van der Waals surface area contributed by atoms with E-state index in [1.54, 1.807) is 0 Å². The Morgan fingerprint density at radius 1 is 0.667 bits per heavy atom. The van der Waals surface area contributed by atoms with E-state index in [0.29, 0.717) is 6.42 Å². The molecule has 0 bridgehead atoms. The zero-order chi connectivity index (χ0) is 16.3. The molecule has 0 amide bonds. The van der Waals surface area contributed by atoms with Gasteiger partial charge in [0.1, 0.15) is 0 Å². The fraction of sp³-hybridized carbons (Fsp3) is 0.875. The van der Waals surface area contributed by atoms with Gasteiger partial charge in [-0.3, -0.25) is 9.59 Å². The highest BCUT2D eigenvalue weighted by Gasteiger charge is 1.95. The van der Waals surface area contributed by atoms with Gasteiger partial charge in [0.25, 0.3) is 0 Å². The number of aliphatic hydroxyl groups is 1. The molecule has 0 saturated carbocycles. The van der Waals surface area contributed by atoms with E-state index in [4.69, 9.17) is 15.3 Å². The molecule has 0 fully saturated rings. The number of hydrogen-bond acceptors (Lipinski definition) is 3. The third kappa shape index (κ3) is 27.9. The number of carboxylic acids is 2. The lowest BCUT2D eigenvalue weighted by molar-refractivity contribution is -0.138. The zero-order valence-electron chi connectivity index (χ0n) is 13.4. The van der Waals surface area contributed by atoms with Gasteiger partial charge < -0.3 is 15.3 Å². The van der Waals surface area contributed by atoms with Gasteiger partial charge in [-0.1, -0.05) is 51.9 Å². The zero-order valence-corrected chi connectivity index (χ0v) is 13.4. The van der Waals surface area contributed by atoms with Crippen molar-refractivity contribution in [1.29, 1.82) is 0 Å². The van der Waals surface area contributed by atoms with Crippen LogP contribution in [-0.2, 0) is 9.59 Å². The molecule has 0 aliphatic rings. The Hall–Kier alpha value is -1.10. The Morgan fingerprint density at radius 2 is 1.05 bits per heavy atom. The summed E-state index contributed by atoms with van der Waals surface area (Å²) in [5, 5.41) is 24.9. The Morgan fingerprint density at radius 3 is 1.43 bits per heavy atom. The minimum Gasteiger partial charge on any atom is -0.481 e. The Labute approximate surface area is 128 Å². The molecule has 0 aromatic carbocycles. The van der Waals surface area contributed by atoms with Gasteiger partial charge in [0.15, 0.2) is 0 Å². The summed E-state index contributed by atoms with van der Waals surface area (Å²) in [7, 11) is 0. The van der Waals surface area contributed by atoms with E-state index < -0.39 is 11.9 Å². The van der Waals surface area contributed by atoms with Crippen LogP contribution in [0.2, 0.25) is 0 Å². The van der Waals surface area contributed by atoms with Crippen LogP contribution in [0.3, 0.4) is 0 Å². The molecule has 5 nitrogen and oxygen atoms in total. The van der Waals surface area contributed by atoms with Crippen LogP contribution in [0.4, 0.5) is 0 Å². The van der Waals surface area contributed by atoms with E-state index in [1.165, 1.54) is 25.7 Å². The van der Waals surface area contributed by atoms with E-state index in [1.807, 2.05) is 0 Å². The molecule has 0 heterocycles. The maximum atomic E-state index is 10.1. The number of aliphatic hydroxyl groups excluding tert-OH is 1. The van der Waals surface area contributed by atoms with Gasteiger partial charge in [-0.2, -0.15) is 0 Å². The summed E-state index contributed by atoms with van der Waals surface area (Å²) >= 11 is 0. The molecular formula is C16H32O5. The van der Waals surface area contributed by atoms with Crippen molar-refractivity contribution in [3.8, 4) is 0 Å². The maximum Gasteiger partial charge on any atom is 0.303 e. The maximum absolute atomic E-state index is 10.1. The minimum absolute atomic E-state index is 0.215. The van der Waals surface area contributed by atoms with Crippen LogP contribution in [0.5, 0.6) is 0 Å². The number of rotatable bonds is 13. The predicted molar refractivity (Wildman–Crippen MR) is 83.4 cm³/mol. The highest BCUT2D eigenvalue weighted by atomic mass is 16.4. The standard InChI is InChI=1S/C9H18O2.C7H14O3/c1-2-3-4-5-6-7-8-9(10)11;8-6-4-2-1-3-5-7(9)10/h2-8H2,1H3,(H,10,11);8H,1-6H2,(H,9,10). The third-order valence-corrected chi connectivity index (χ3v) is 3.04. The second kappa shape index (κ2) is 18.9. The lowest BCUT2D eigenvalue weighted by Crippen LogP contribution is -1.93. The van der Waals surface area contributed by atoms with Crippen LogP contribution < -0.4 is 0 Å². The Bertz CT molecular complexity index is 241. The van der Waals surface area contributed by atoms with Gasteiger partial charge in [-0.25, -0.2) is 0 Å². The van der Waals surface area contributed by atoms with E-state index in [2.05, 4.69) is 6.92 Å². The number of unbranched alkanes of at least 4 members (excludes halogenated alkanes) is 8. The van der Waals surface area contributed by atoms with Gasteiger partial charge >= 0.3 is 11.9 Å². The molecule has 0 rings (SSSR count).